The molecule has 1 unspecified atom stereocenters. The van der Waals surface area contributed by atoms with Crippen molar-refractivity contribution in [1.82, 2.24) is 9.21 Å². The lowest BCUT2D eigenvalue weighted by atomic mass is 10.1. The Morgan fingerprint density at radius 2 is 2.09 bits per heavy atom. The summed E-state index contributed by atoms with van der Waals surface area (Å²) in [6.45, 7) is 0.825. The van der Waals surface area contributed by atoms with Gasteiger partial charge in [-0.1, -0.05) is 11.6 Å². The number of halogens is 1. The van der Waals surface area contributed by atoms with Gasteiger partial charge in [0.25, 0.3) is 5.69 Å². The Bertz CT molecular complexity index is 680. The number of sulfonamides is 1. The van der Waals surface area contributed by atoms with E-state index in [4.69, 9.17) is 11.6 Å². The van der Waals surface area contributed by atoms with Gasteiger partial charge in [0, 0.05) is 13.1 Å². The first-order valence-electron chi connectivity index (χ1n) is 6.87. The van der Waals surface area contributed by atoms with Crippen LogP contribution in [0.2, 0.25) is 5.02 Å². The molecule has 1 aliphatic rings. The van der Waals surface area contributed by atoms with E-state index in [9.17, 15) is 18.5 Å². The fraction of sp³-hybridized carbons (Fsp3) is 0.538. The van der Waals surface area contributed by atoms with Gasteiger partial charge in [-0.25, -0.2) is 8.42 Å². The van der Waals surface area contributed by atoms with Gasteiger partial charge < -0.3 is 0 Å². The van der Waals surface area contributed by atoms with Crippen LogP contribution >= 0.6 is 11.6 Å². The Labute approximate surface area is 134 Å². The molecule has 1 atom stereocenters. The molecular weight excluding hydrogens is 330 g/mol. The molecule has 0 aliphatic carbocycles. The van der Waals surface area contributed by atoms with E-state index >= 15 is 0 Å². The Hall–Kier alpha value is -1.22. The van der Waals surface area contributed by atoms with Crippen LogP contribution in [0.1, 0.15) is 19.3 Å². The molecule has 0 amide bonds. The zero-order valence-electron chi connectivity index (χ0n) is 12.4. The van der Waals surface area contributed by atoms with Gasteiger partial charge in [-0.05, 0) is 45.0 Å². The van der Waals surface area contributed by atoms with E-state index in [-0.39, 0.29) is 16.1 Å². The quantitative estimate of drug-likeness (QED) is 0.616. The summed E-state index contributed by atoms with van der Waals surface area (Å²) in [6, 6.07) is 3.55. The van der Waals surface area contributed by atoms with Gasteiger partial charge in [0.15, 0.2) is 0 Å². The molecule has 1 fully saturated rings. The Kier molecular flexibility index (Phi) is 5.06. The maximum atomic E-state index is 12.7. The number of nitro groups is 1. The highest BCUT2D eigenvalue weighted by Crippen LogP contribution is 2.30. The minimum Gasteiger partial charge on any atom is -0.290 e. The van der Waals surface area contributed by atoms with Crippen molar-refractivity contribution in [2.75, 3.05) is 20.6 Å². The molecule has 9 heteroatoms. The van der Waals surface area contributed by atoms with Crippen molar-refractivity contribution in [3.05, 3.63) is 33.3 Å². The van der Waals surface area contributed by atoms with Crippen LogP contribution in [0.4, 0.5) is 5.69 Å². The molecule has 0 radical (unpaired) electrons. The van der Waals surface area contributed by atoms with Crippen molar-refractivity contribution in [3.63, 3.8) is 0 Å². The first-order chi connectivity index (χ1) is 10.2. The smallest absolute Gasteiger partial charge is 0.289 e. The maximum Gasteiger partial charge on any atom is 0.289 e. The molecule has 0 aromatic heterocycles. The average molecular weight is 348 g/mol. The summed E-state index contributed by atoms with van der Waals surface area (Å²) in [7, 11) is -0.438. The Morgan fingerprint density at radius 3 is 2.68 bits per heavy atom. The van der Waals surface area contributed by atoms with E-state index in [2.05, 4.69) is 0 Å². The van der Waals surface area contributed by atoms with E-state index in [0.717, 1.165) is 31.9 Å². The molecular formula is C13H18ClN3O4S. The molecule has 2 rings (SSSR count). The van der Waals surface area contributed by atoms with E-state index in [0.29, 0.717) is 0 Å². The largest absolute Gasteiger partial charge is 0.290 e. The molecule has 1 heterocycles. The van der Waals surface area contributed by atoms with Gasteiger partial charge in [-0.2, -0.15) is 4.31 Å². The van der Waals surface area contributed by atoms with Crippen molar-refractivity contribution < 1.29 is 13.3 Å². The second kappa shape index (κ2) is 6.49. The monoisotopic (exact) mass is 347 g/mol. The van der Waals surface area contributed by atoms with Gasteiger partial charge >= 0.3 is 0 Å². The number of nitrogens with zero attached hydrogens (tertiary/aromatic N) is 3. The summed E-state index contributed by atoms with van der Waals surface area (Å²) in [5, 5.41) is 10.8. The molecule has 0 saturated carbocycles. The SMILES string of the molecule is CN1CCCCC1N(C)S(=O)(=O)c1ccc(Cl)c([N+](=O)[O-])c1. The first-order valence-corrected chi connectivity index (χ1v) is 8.69. The van der Waals surface area contributed by atoms with Crippen LogP contribution in [-0.4, -0.2) is 49.4 Å². The fourth-order valence-corrected chi connectivity index (χ4v) is 4.24. The summed E-state index contributed by atoms with van der Waals surface area (Å²) < 4.78 is 26.7. The van der Waals surface area contributed by atoms with Crippen molar-refractivity contribution in [2.45, 2.75) is 30.3 Å². The summed E-state index contributed by atoms with van der Waals surface area (Å²) in [4.78, 5) is 12.1. The number of hydrogen-bond acceptors (Lipinski definition) is 5. The highest BCUT2D eigenvalue weighted by molar-refractivity contribution is 7.89. The third-order valence-electron chi connectivity index (χ3n) is 3.94. The van der Waals surface area contributed by atoms with Crippen LogP contribution in [0.15, 0.2) is 23.1 Å². The molecule has 7 nitrogen and oxygen atoms in total. The number of likely N-dealkylation sites (tertiary alicyclic amines) is 1. The predicted molar refractivity (Wildman–Crippen MR) is 83.3 cm³/mol. The summed E-state index contributed by atoms with van der Waals surface area (Å²) in [6.07, 6.45) is 2.48. The van der Waals surface area contributed by atoms with Crippen molar-refractivity contribution >= 4 is 27.3 Å². The first kappa shape index (κ1) is 17.1. The van der Waals surface area contributed by atoms with Gasteiger partial charge in [0.05, 0.1) is 16.0 Å². The number of piperidine rings is 1. The number of hydrogen-bond donors (Lipinski definition) is 0. The Morgan fingerprint density at radius 1 is 1.41 bits per heavy atom. The Balaban J connectivity index is 2.37. The number of rotatable bonds is 4. The standard InChI is InChI=1S/C13H18ClN3O4S/c1-15-8-4-3-5-13(15)16(2)22(20,21)10-6-7-11(14)12(9-10)17(18)19/h6-7,9,13H,3-5,8H2,1-2H3. The van der Waals surface area contributed by atoms with E-state index in [1.165, 1.54) is 23.5 Å². The minimum absolute atomic E-state index is 0.0820. The summed E-state index contributed by atoms with van der Waals surface area (Å²) in [5.41, 5.74) is -0.409. The van der Waals surface area contributed by atoms with E-state index < -0.39 is 20.6 Å². The lowest BCUT2D eigenvalue weighted by Crippen LogP contribution is -2.49. The van der Waals surface area contributed by atoms with Gasteiger partial charge in [0.2, 0.25) is 10.0 Å². The van der Waals surface area contributed by atoms with Crippen molar-refractivity contribution in [2.24, 2.45) is 0 Å². The lowest BCUT2D eigenvalue weighted by molar-refractivity contribution is -0.384. The van der Waals surface area contributed by atoms with Crippen LogP contribution < -0.4 is 0 Å². The summed E-state index contributed by atoms with van der Waals surface area (Å²) >= 11 is 5.73. The molecule has 1 aromatic carbocycles. The van der Waals surface area contributed by atoms with Crippen LogP contribution in [0, 0.1) is 10.1 Å². The van der Waals surface area contributed by atoms with Crippen LogP contribution in [0.5, 0.6) is 0 Å². The zero-order valence-corrected chi connectivity index (χ0v) is 14.0. The average Bonchev–Trinajstić information content (AvgIpc) is 2.47. The van der Waals surface area contributed by atoms with Gasteiger partial charge in [-0.3, -0.25) is 15.0 Å². The molecule has 1 aromatic rings. The number of benzene rings is 1. The van der Waals surface area contributed by atoms with Crippen LogP contribution in [0.3, 0.4) is 0 Å². The predicted octanol–water partition coefficient (Wildman–Crippen LogP) is 2.31. The molecule has 22 heavy (non-hydrogen) atoms. The van der Waals surface area contributed by atoms with E-state index in [1.54, 1.807) is 0 Å². The second-order valence-corrected chi connectivity index (χ2v) is 7.75. The van der Waals surface area contributed by atoms with Gasteiger partial charge in [0.1, 0.15) is 5.02 Å². The van der Waals surface area contributed by atoms with Crippen LogP contribution in [0.25, 0.3) is 0 Å². The third kappa shape index (κ3) is 3.24. The van der Waals surface area contributed by atoms with Crippen molar-refractivity contribution in [1.29, 1.82) is 0 Å². The number of nitro benzene ring substituents is 1. The molecule has 122 valence electrons. The van der Waals surface area contributed by atoms with E-state index in [1.807, 2.05) is 11.9 Å². The molecule has 0 spiro atoms. The maximum absolute atomic E-state index is 12.7. The second-order valence-electron chi connectivity index (χ2n) is 5.35. The molecule has 0 N–H and O–H groups in total. The zero-order chi connectivity index (χ0) is 16.5. The molecule has 0 bridgehead atoms. The highest BCUT2D eigenvalue weighted by atomic mass is 35.5. The lowest BCUT2D eigenvalue weighted by Gasteiger charge is -2.37. The van der Waals surface area contributed by atoms with Crippen molar-refractivity contribution in [3.8, 4) is 0 Å². The van der Waals surface area contributed by atoms with Gasteiger partial charge in [-0.15, -0.1) is 0 Å². The normalized spacial score (nSPS) is 20.3. The fourth-order valence-electron chi connectivity index (χ4n) is 2.64. The highest BCUT2D eigenvalue weighted by Gasteiger charge is 2.33. The molecule has 1 saturated heterocycles. The van der Waals surface area contributed by atoms with Crippen LogP contribution in [-0.2, 0) is 10.0 Å². The minimum atomic E-state index is -3.82. The summed E-state index contributed by atoms with van der Waals surface area (Å²) in [5.74, 6) is 0. The molecule has 1 aliphatic heterocycles. The topological polar surface area (TPSA) is 83.8 Å². The third-order valence-corrected chi connectivity index (χ3v) is 6.11.